The third-order valence-electron chi connectivity index (χ3n) is 5.50. The van der Waals surface area contributed by atoms with Crippen molar-refractivity contribution < 1.29 is 28.3 Å². The van der Waals surface area contributed by atoms with Gasteiger partial charge in [-0.3, -0.25) is 19.2 Å². The highest BCUT2D eigenvalue weighted by molar-refractivity contribution is 5.90. The van der Waals surface area contributed by atoms with Gasteiger partial charge in [0.1, 0.15) is 18.4 Å². The van der Waals surface area contributed by atoms with Crippen molar-refractivity contribution in [2.75, 3.05) is 31.7 Å². The second-order valence-corrected chi connectivity index (χ2v) is 7.90. The molecule has 1 aliphatic rings. The summed E-state index contributed by atoms with van der Waals surface area (Å²) in [5.74, 6) is 0.00336. The summed E-state index contributed by atoms with van der Waals surface area (Å²) in [6.45, 7) is 3.12. The summed E-state index contributed by atoms with van der Waals surface area (Å²) in [4.78, 5) is 39.4. The van der Waals surface area contributed by atoms with Crippen molar-refractivity contribution in [2.45, 2.75) is 25.5 Å². The lowest BCUT2D eigenvalue weighted by atomic mass is 10.1. The number of hydrogen-bond acceptors (Lipinski definition) is 9. The first-order valence-corrected chi connectivity index (χ1v) is 11.1. The lowest BCUT2D eigenvalue weighted by molar-refractivity contribution is -0.143. The minimum Gasteiger partial charge on any atom is -0.490 e. The van der Waals surface area contributed by atoms with Gasteiger partial charge in [0.2, 0.25) is 0 Å². The zero-order valence-corrected chi connectivity index (χ0v) is 19.4. The molecule has 2 heterocycles. The molecule has 0 radical (unpaired) electrons. The Labute approximate surface area is 201 Å². The Hall–Kier alpha value is -4.12. The third kappa shape index (κ3) is 5.87. The average molecular weight is 482 g/mol. The molecule has 4 rings (SSSR count). The first kappa shape index (κ1) is 24.0. The van der Waals surface area contributed by atoms with Crippen molar-refractivity contribution in [2.24, 2.45) is 0 Å². The Kier molecular flexibility index (Phi) is 7.46. The number of anilines is 1. The van der Waals surface area contributed by atoms with E-state index >= 15 is 0 Å². The number of amides is 1. The maximum Gasteiger partial charge on any atom is 0.439 e. The van der Waals surface area contributed by atoms with Gasteiger partial charge in [-0.15, -0.1) is 0 Å². The van der Waals surface area contributed by atoms with Gasteiger partial charge in [0.05, 0.1) is 13.7 Å². The van der Waals surface area contributed by atoms with Crippen LogP contribution in [0.25, 0.3) is 11.4 Å². The Morgan fingerprint density at radius 2 is 1.94 bits per heavy atom. The molecule has 1 aliphatic heterocycles. The molecule has 0 bridgehead atoms. The monoisotopic (exact) mass is 482 g/mol. The van der Waals surface area contributed by atoms with Crippen LogP contribution in [-0.4, -0.2) is 61.2 Å². The normalized spacial score (nSPS) is 16.1. The molecule has 1 fully saturated rings. The zero-order chi connectivity index (χ0) is 24.8. The van der Waals surface area contributed by atoms with Crippen LogP contribution in [0.2, 0.25) is 0 Å². The van der Waals surface area contributed by atoms with E-state index in [0.717, 1.165) is 5.56 Å². The number of methoxy groups -OCH3 is 1. The van der Waals surface area contributed by atoms with Gasteiger partial charge in [-0.05, 0) is 54.9 Å². The van der Waals surface area contributed by atoms with Crippen LogP contribution in [-0.2, 0) is 20.7 Å². The number of cyclic esters (lactones) is 1. The van der Waals surface area contributed by atoms with Gasteiger partial charge in [-0.1, -0.05) is 24.2 Å². The van der Waals surface area contributed by atoms with Gasteiger partial charge in [-0.2, -0.15) is 0 Å². The van der Waals surface area contributed by atoms with E-state index in [1.807, 2.05) is 31.2 Å². The zero-order valence-electron chi connectivity index (χ0n) is 19.4. The standard InChI is InChI=1S/C24H26N4O7/c1-3-25-20(22(29)32-2)12-15-4-10-18(11-5-15)33-14-19-13-28(24(31)34-19)17-8-6-16(7-9-17)21-26-23(30)35-27-21/h4-11,19-20,25H,3,12-14H2,1-2H3,(H,26,27,30). The van der Waals surface area contributed by atoms with Crippen LogP contribution >= 0.6 is 0 Å². The van der Waals surface area contributed by atoms with E-state index in [2.05, 4.69) is 20.0 Å². The molecule has 0 spiro atoms. The first-order chi connectivity index (χ1) is 17.0. The van der Waals surface area contributed by atoms with Crippen LogP contribution in [0, 0.1) is 0 Å². The molecule has 35 heavy (non-hydrogen) atoms. The van der Waals surface area contributed by atoms with Crippen molar-refractivity contribution in [3.05, 3.63) is 64.6 Å². The fourth-order valence-electron chi connectivity index (χ4n) is 3.75. The molecule has 184 valence electrons. The van der Waals surface area contributed by atoms with Gasteiger partial charge in [0.25, 0.3) is 0 Å². The van der Waals surface area contributed by atoms with Crippen molar-refractivity contribution in [1.29, 1.82) is 0 Å². The number of likely N-dealkylation sites (N-methyl/N-ethyl adjacent to an activating group) is 1. The average Bonchev–Trinajstić information content (AvgIpc) is 3.48. The fourth-order valence-corrected chi connectivity index (χ4v) is 3.75. The van der Waals surface area contributed by atoms with Crippen LogP contribution < -0.4 is 20.7 Å². The number of esters is 1. The summed E-state index contributed by atoms with van der Waals surface area (Å²) >= 11 is 0. The number of benzene rings is 2. The number of rotatable bonds is 10. The number of carbonyl (C=O) groups excluding carboxylic acids is 2. The number of carbonyl (C=O) groups is 2. The lowest BCUT2D eigenvalue weighted by Gasteiger charge is -2.16. The van der Waals surface area contributed by atoms with E-state index in [9.17, 15) is 14.4 Å². The number of H-pyrrole nitrogens is 1. The van der Waals surface area contributed by atoms with Crippen molar-refractivity contribution >= 4 is 17.7 Å². The summed E-state index contributed by atoms with van der Waals surface area (Å²) in [7, 11) is 1.37. The van der Waals surface area contributed by atoms with E-state index < -0.39 is 24.0 Å². The molecule has 2 unspecified atom stereocenters. The molecule has 2 atom stereocenters. The lowest BCUT2D eigenvalue weighted by Crippen LogP contribution is -2.39. The predicted molar refractivity (Wildman–Crippen MR) is 125 cm³/mol. The predicted octanol–water partition coefficient (Wildman–Crippen LogP) is 2.13. The van der Waals surface area contributed by atoms with Gasteiger partial charge in [0.15, 0.2) is 11.9 Å². The second-order valence-electron chi connectivity index (χ2n) is 7.90. The van der Waals surface area contributed by atoms with Crippen molar-refractivity contribution in [1.82, 2.24) is 15.5 Å². The topological polar surface area (TPSA) is 136 Å². The van der Waals surface area contributed by atoms with Gasteiger partial charge in [0, 0.05) is 11.3 Å². The molecular weight excluding hydrogens is 456 g/mol. The van der Waals surface area contributed by atoms with Crippen LogP contribution in [0.5, 0.6) is 5.75 Å². The highest BCUT2D eigenvalue weighted by Crippen LogP contribution is 2.25. The van der Waals surface area contributed by atoms with E-state index in [0.29, 0.717) is 42.3 Å². The number of hydrogen-bond donors (Lipinski definition) is 2. The minimum atomic E-state index is -0.636. The summed E-state index contributed by atoms with van der Waals surface area (Å²) in [5, 5.41) is 6.76. The summed E-state index contributed by atoms with van der Waals surface area (Å²) < 4.78 is 20.6. The third-order valence-corrected chi connectivity index (χ3v) is 5.50. The molecule has 11 heteroatoms. The van der Waals surface area contributed by atoms with E-state index in [1.54, 1.807) is 24.3 Å². The summed E-state index contributed by atoms with van der Waals surface area (Å²) in [6, 6.07) is 13.9. The Morgan fingerprint density at radius 1 is 1.20 bits per heavy atom. The van der Waals surface area contributed by atoms with Gasteiger partial charge >= 0.3 is 17.8 Å². The number of nitrogens with one attached hydrogen (secondary N) is 2. The number of aromatic amines is 1. The number of ether oxygens (including phenoxy) is 3. The number of aromatic nitrogens is 2. The molecule has 0 aliphatic carbocycles. The first-order valence-electron chi connectivity index (χ1n) is 11.1. The highest BCUT2D eigenvalue weighted by Gasteiger charge is 2.33. The fraction of sp³-hybridized carbons (Fsp3) is 0.333. The summed E-state index contributed by atoms with van der Waals surface area (Å²) in [6.07, 6.45) is -0.401. The molecule has 0 saturated carbocycles. The van der Waals surface area contributed by atoms with Crippen molar-refractivity contribution in [3.63, 3.8) is 0 Å². The van der Waals surface area contributed by atoms with E-state index in [4.69, 9.17) is 14.2 Å². The largest absolute Gasteiger partial charge is 0.490 e. The van der Waals surface area contributed by atoms with Crippen molar-refractivity contribution in [3.8, 4) is 17.1 Å². The Balaban J connectivity index is 1.30. The van der Waals surface area contributed by atoms with Gasteiger partial charge < -0.3 is 19.5 Å². The SMILES string of the molecule is CCNC(Cc1ccc(OCC2CN(c3ccc(-c4noc(=O)[nH]4)cc3)C(=O)O2)cc1)C(=O)OC. The molecular formula is C24H26N4O7. The Morgan fingerprint density at radius 3 is 2.57 bits per heavy atom. The quantitative estimate of drug-likeness (QED) is 0.417. The molecule has 1 amide bonds. The molecule has 1 aromatic heterocycles. The van der Waals surface area contributed by atoms with Crippen LogP contribution in [0.4, 0.5) is 10.5 Å². The molecule has 1 saturated heterocycles. The van der Waals surface area contributed by atoms with Crippen LogP contribution in [0.15, 0.2) is 57.8 Å². The second kappa shape index (κ2) is 10.9. The minimum absolute atomic E-state index is 0.196. The van der Waals surface area contributed by atoms with E-state index in [1.165, 1.54) is 12.0 Å². The summed E-state index contributed by atoms with van der Waals surface area (Å²) in [5.41, 5.74) is 2.27. The molecule has 11 nitrogen and oxygen atoms in total. The molecule has 2 N–H and O–H groups in total. The van der Waals surface area contributed by atoms with Crippen LogP contribution in [0.3, 0.4) is 0 Å². The smallest absolute Gasteiger partial charge is 0.439 e. The highest BCUT2D eigenvalue weighted by atomic mass is 16.6. The molecule has 2 aromatic carbocycles. The van der Waals surface area contributed by atoms with E-state index in [-0.39, 0.29) is 12.6 Å². The van der Waals surface area contributed by atoms with Gasteiger partial charge in [-0.25, -0.2) is 9.59 Å². The Bertz CT molecular complexity index is 1200. The van der Waals surface area contributed by atoms with Crippen LogP contribution in [0.1, 0.15) is 12.5 Å². The molecule has 3 aromatic rings. The maximum atomic E-state index is 12.4. The maximum absolute atomic E-state index is 12.4. The number of nitrogens with zero attached hydrogens (tertiary/aromatic N) is 2.